The summed E-state index contributed by atoms with van der Waals surface area (Å²) in [5.41, 5.74) is -1.19. The molecule has 10 heteroatoms. The molecule has 0 bridgehead atoms. The first-order valence-corrected chi connectivity index (χ1v) is 9.02. The Bertz CT molecular complexity index is 745. The van der Waals surface area contributed by atoms with Gasteiger partial charge in [-0.2, -0.15) is 0 Å². The molecule has 1 unspecified atom stereocenters. The van der Waals surface area contributed by atoms with Gasteiger partial charge in [0.05, 0.1) is 11.6 Å². The number of benzene rings is 1. The number of carbonyl (C=O) groups excluding carboxylic acids is 1. The molecule has 0 spiro atoms. The predicted octanol–water partition coefficient (Wildman–Crippen LogP) is 2.01. The molecule has 6 nitrogen and oxygen atoms in total. The van der Waals surface area contributed by atoms with E-state index < -0.39 is 38.0 Å². The molecule has 3 N–H and O–H groups in total. The SMILES string of the molecule is CC(C)(C)NS(=O)(=O)c1cc(NC(=O)C2CCNC2)c(F)cc1F.Cl. The van der Waals surface area contributed by atoms with Crippen molar-refractivity contribution in [3.8, 4) is 0 Å². The summed E-state index contributed by atoms with van der Waals surface area (Å²) in [6.45, 7) is 5.94. The van der Waals surface area contributed by atoms with Crippen LogP contribution < -0.4 is 15.4 Å². The molecule has 1 aliphatic rings. The monoisotopic (exact) mass is 397 g/mol. The molecule has 1 heterocycles. The van der Waals surface area contributed by atoms with Crippen molar-refractivity contribution in [2.45, 2.75) is 37.6 Å². The highest BCUT2D eigenvalue weighted by Crippen LogP contribution is 2.25. The predicted molar refractivity (Wildman–Crippen MR) is 93.3 cm³/mol. The van der Waals surface area contributed by atoms with Crippen LogP contribution in [-0.2, 0) is 14.8 Å². The maximum atomic E-state index is 14.0. The molecule has 1 aliphatic heterocycles. The fraction of sp³-hybridized carbons (Fsp3) is 0.533. The minimum Gasteiger partial charge on any atom is -0.323 e. The number of rotatable bonds is 4. The van der Waals surface area contributed by atoms with Crippen molar-refractivity contribution in [3.05, 3.63) is 23.8 Å². The summed E-state index contributed by atoms with van der Waals surface area (Å²) in [5, 5.41) is 5.35. The van der Waals surface area contributed by atoms with Crippen LogP contribution in [0.25, 0.3) is 0 Å². The molecule has 0 saturated carbocycles. The molecule has 1 amide bonds. The Labute approximate surface area is 152 Å². The van der Waals surface area contributed by atoms with E-state index in [4.69, 9.17) is 0 Å². The van der Waals surface area contributed by atoms with Gasteiger partial charge in [0.15, 0.2) is 0 Å². The van der Waals surface area contributed by atoms with E-state index in [9.17, 15) is 22.0 Å². The van der Waals surface area contributed by atoms with E-state index in [1.807, 2.05) is 0 Å². The van der Waals surface area contributed by atoms with Crippen LogP contribution in [0.3, 0.4) is 0 Å². The number of anilines is 1. The maximum absolute atomic E-state index is 14.0. The molecule has 0 aliphatic carbocycles. The third-order valence-corrected chi connectivity index (χ3v) is 5.21. The second-order valence-electron chi connectivity index (χ2n) is 6.80. The van der Waals surface area contributed by atoms with Crippen molar-refractivity contribution < 1.29 is 22.0 Å². The maximum Gasteiger partial charge on any atom is 0.244 e. The molecule has 142 valence electrons. The molecule has 1 aromatic carbocycles. The van der Waals surface area contributed by atoms with E-state index in [2.05, 4.69) is 15.4 Å². The van der Waals surface area contributed by atoms with Gasteiger partial charge in [-0.1, -0.05) is 0 Å². The van der Waals surface area contributed by atoms with Crippen LogP contribution in [-0.4, -0.2) is 33.0 Å². The summed E-state index contributed by atoms with van der Waals surface area (Å²) in [6.07, 6.45) is 0.603. The number of nitrogens with one attached hydrogen (secondary N) is 3. The quantitative estimate of drug-likeness (QED) is 0.725. The van der Waals surface area contributed by atoms with E-state index in [1.165, 1.54) is 0 Å². The van der Waals surface area contributed by atoms with Gasteiger partial charge in [-0.3, -0.25) is 4.79 Å². The van der Waals surface area contributed by atoms with Crippen LogP contribution in [0.15, 0.2) is 17.0 Å². The van der Waals surface area contributed by atoms with Gasteiger partial charge < -0.3 is 10.6 Å². The summed E-state index contributed by atoms with van der Waals surface area (Å²) in [6, 6.07) is 1.26. The second kappa shape index (κ2) is 7.94. The number of carbonyl (C=O) groups is 1. The number of halogens is 3. The molecule has 1 fully saturated rings. The van der Waals surface area contributed by atoms with Crippen molar-refractivity contribution in [1.29, 1.82) is 0 Å². The van der Waals surface area contributed by atoms with Gasteiger partial charge in [-0.15, -0.1) is 12.4 Å². The molecule has 2 rings (SSSR count). The summed E-state index contributed by atoms with van der Waals surface area (Å²) < 4.78 is 54.7. The lowest BCUT2D eigenvalue weighted by Crippen LogP contribution is -2.40. The summed E-state index contributed by atoms with van der Waals surface area (Å²) in [5.74, 6) is -3.01. The third kappa shape index (κ3) is 5.60. The topological polar surface area (TPSA) is 87.3 Å². The largest absolute Gasteiger partial charge is 0.323 e. The molecule has 25 heavy (non-hydrogen) atoms. The van der Waals surface area contributed by atoms with Gasteiger partial charge in [0, 0.05) is 18.2 Å². The molecule has 1 atom stereocenters. The minimum absolute atomic E-state index is 0. The zero-order valence-electron chi connectivity index (χ0n) is 14.2. The van der Waals surface area contributed by atoms with Crippen molar-refractivity contribution in [3.63, 3.8) is 0 Å². The fourth-order valence-corrected chi connectivity index (χ4v) is 3.91. The number of amides is 1. The lowest BCUT2D eigenvalue weighted by molar-refractivity contribution is -0.119. The van der Waals surface area contributed by atoms with Crippen LogP contribution >= 0.6 is 12.4 Å². The van der Waals surface area contributed by atoms with Crippen molar-refractivity contribution >= 4 is 34.0 Å². The van der Waals surface area contributed by atoms with Gasteiger partial charge in [0.1, 0.15) is 16.5 Å². The number of hydrogen-bond donors (Lipinski definition) is 3. The molecule has 1 aromatic rings. The Balaban J connectivity index is 0.00000312. The van der Waals surface area contributed by atoms with E-state index in [-0.39, 0.29) is 24.0 Å². The first-order chi connectivity index (χ1) is 11.0. The molecule has 0 aromatic heterocycles. The first-order valence-electron chi connectivity index (χ1n) is 7.54. The van der Waals surface area contributed by atoms with Gasteiger partial charge in [-0.25, -0.2) is 21.9 Å². The molecule has 0 radical (unpaired) electrons. The fourth-order valence-electron chi connectivity index (χ4n) is 2.40. The summed E-state index contributed by atoms with van der Waals surface area (Å²) >= 11 is 0. The van der Waals surface area contributed by atoms with Crippen molar-refractivity contribution in [2.24, 2.45) is 5.92 Å². The Hall–Kier alpha value is -1.29. The normalized spacial score (nSPS) is 17.9. The number of sulfonamides is 1. The lowest BCUT2D eigenvalue weighted by Gasteiger charge is -2.21. The third-order valence-electron chi connectivity index (χ3n) is 3.44. The second-order valence-corrected chi connectivity index (χ2v) is 8.45. The van der Waals surface area contributed by atoms with Crippen LogP contribution in [0.2, 0.25) is 0 Å². The Morgan fingerprint density at radius 2 is 1.88 bits per heavy atom. The smallest absolute Gasteiger partial charge is 0.244 e. The van der Waals surface area contributed by atoms with Crippen LogP contribution in [0.5, 0.6) is 0 Å². The van der Waals surface area contributed by atoms with Gasteiger partial charge in [0.2, 0.25) is 15.9 Å². The van der Waals surface area contributed by atoms with Gasteiger partial charge >= 0.3 is 0 Å². The van der Waals surface area contributed by atoms with Crippen molar-refractivity contribution in [2.75, 3.05) is 18.4 Å². The molecule has 1 saturated heterocycles. The van der Waals surface area contributed by atoms with E-state index >= 15 is 0 Å². The average molecular weight is 398 g/mol. The highest BCUT2D eigenvalue weighted by molar-refractivity contribution is 7.89. The van der Waals surface area contributed by atoms with E-state index in [1.54, 1.807) is 20.8 Å². The van der Waals surface area contributed by atoms with Crippen LogP contribution in [0, 0.1) is 17.6 Å². The zero-order chi connectivity index (χ0) is 18.1. The van der Waals surface area contributed by atoms with E-state index in [0.717, 1.165) is 6.07 Å². The Kier molecular flexibility index (Phi) is 6.91. The van der Waals surface area contributed by atoms with Crippen LogP contribution in [0.1, 0.15) is 27.2 Å². The minimum atomic E-state index is -4.20. The highest BCUT2D eigenvalue weighted by atomic mass is 35.5. The average Bonchev–Trinajstić information content (AvgIpc) is 2.92. The summed E-state index contributed by atoms with van der Waals surface area (Å²) in [7, 11) is -4.20. The molecular weight excluding hydrogens is 376 g/mol. The Morgan fingerprint density at radius 3 is 2.40 bits per heavy atom. The highest BCUT2D eigenvalue weighted by Gasteiger charge is 2.28. The standard InChI is InChI=1S/C15H21F2N3O3S.ClH/c1-15(2,3)20-24(22,23)13-7-12(10(16)6-11(13)17)19-14(21)9-4-5-18-8-9;/h6-7,9,18,20H,4-5,8H2,1-3H3,(H,19,21);1H. The number of hydrogen-bond acceptors (Lipinski definition) is 4. The Morgan fingerprint density at radius 1 is 1.24 bits per heavy atom. The first kappa shape index (κ1) is 21.8. The zero-order valence-corrected chi connectivity index (χ0v) is 15.8. The van der Waals surface area contributed by atoms with Gasteiger partial charge in [-0.05, 0) is 39.8 Å². The van der Waals surface area contributed by atoms with Crippen LogP contribution in [0.4, 0.5) is 14.5 Å². The van der Waals surface area contributed by atoms with Crippen molar-refractivity contribution in [1.82, 2.24) is 10.0 Å². The lowest BCUT2D eigenvalue weighted by atomic mass is 10.1. The summed E-state index contributed by atoms with van der Waals surface area (Å²) in [4.78, 5) is 11.4. The van der Waals surface area contributed by atoms with Gasteiger partial charge in [0.25, 0.3) is 0 Å². The van der Waals surface area contributed by atoms with E-state index in [0.29, 0.717) is 25.6 Å². The molecular formula is C15H22ClF2N3O3S.